The number of fused-ring (bicyclic) bond motifs is 1. The molecule has 2 N–H and O–H groups in total. The fraction of sp³-hybridized carbons (Fsp3) is 0.286. The van der Waals surface area contributed by atoms with Crippen LogP contribution in [0.2, 0.25) is 5.02 Å². The average molecular weight is 524 g/mol. The fourth-order valence-corrected chi connectivity index (χ4v) is 4.17. The predicted molar refractivity (Wildman–Crippen MR) is 146 cm³/mol. The van der Waals surface area contributed by atoms with Gasteiger partial charge in [-0.25, -0.2) is 4.79 Å². The van der Waals surface area contributed by atoms with Crippen molar-refractivity contribution in [1.29, 1.82) is 0 Å². The molecule has 0 bridgehead atoms. The molecule has 1 unspecified atom stereocenters. The minimum Gasteiger partial charge on any atom is -0.491 e. The third-order valence-corrected chi connectivity index (χ3v) is 5.94. The maximum absolute atomic E-state index is 13.4. The Bertz CT molecular complexity index is 1480. The molecule has 0 saturated carbocycles. The summed E-state index contributed by atoms with van der Waals surface area (Å²) in [7, 11) is 0. The molecular formula is C28H30ClN3O5. The Balaban J connectivity index is 1.76. The van der Waals surface area contributed by atoms with Gasteiger partial charge in [0.05, 0.1) is 30.1 Å². The van der Waals surface area contributed by atoms with Crippen LogP contribution in [0.25, 0.3) is 10.9 Å². The van der Waals surface area contributed by atoms with Gasteiger partial charge in [-0.05, 0) is 80.9 Å². The van der Waals surface area contributed by atoms with Gasteiger partial charge >= 0.3 is 5.69 Å². The summed E-state index contributed by atoms with van der Waals surface area (Å²) in [5.74, 6) is 0.765. The molecule has 3 aromatic carbocycles. The zero-order valence-electron chi connectivity index (χ0n) is 21.0. The van der Waals surface area contributed by atoms with Crippen LogP contribution in [0.15, 0.2) is 76.3 Å². The number of nitrogens with one attached hydrogen (secondary N) is 1. The Hall–Kier alpha value is -3.59. The quantitative estimate of drug-likeness (QED) is 0.291. The normalized spacial score (nSPS) is 12.2. The van der Waals surface area contributed by atoms with Crippen LogP contribution in [-0.4, -0.2) is 33.2 Å². The molecule has 9 heteroatoms. The second kappa shape index (κ2) is 11.6. The monoisotopic (exact) mass is 523 g/mol. The Kier molecular flexibility index (Phi) is 8.33. The lowest BCUT2D eigenvalue weighted by atomic mass is 10.1. The van der Waals surface area contributed by atoms with E-state index in [1.54, 1.807) is 31.2 Å². The molecule has 4 aromatic rings. The van der Waals surface area contributed by atoms with Crippen molar-refractivity contribution in [1.82, 2.24) is 9.13 Å². The molecule has 8 nitrogen and oxygen atoms in total. The van der Waals surface area contributed by atoms with E-state index in [1.165, 1.54) is 4.57 Å². The van der Waals surface area contributed by atoms with Crippen LogP contribution in [-0.2, 0) is 17.8 Å². The van der Waals surface area contributed by atoms with Crippen molar-refractivity contribution in [2.24, 2.45) is 0 Å². The van der Waals surface area contributed by atoms with E-state index in [1.807, 2.05) is 56.3 Å². The molecule has 0 saturated heterocycles. The van der Waals surface area contributed by atoms with Gasteiger partial charge in [-0.2, -0.15) is 0 Å². The van der Waals surface area contributed by atoms with Gasteiger partial charge in [-0.3, -0.25) is 13.9 Å². The third kappa shape index (κ3) is 6.40. The van der Waals surface area contributed by atoms with Gasteiger partial charge in [-0.15, -0.1) is 0 Å². The lowest BCUT2D eigenvalue weighted by Crippen LogP contribution is -2.43. The molecule has 1 aromatic heterocycles. The van der Waals surface area contributed by atoms with Crippen molar-refractivity contribution in [2.45, 2.75) is 46.3 Å². The number of aromatic nitrogens is 2. The second-order valence-electron chi connectivity index (χ2n) is 8.87. The number of benzene rings is 3. The van der Waals surface area contributed by atoms with Crippen molar-refractivity contribution >= 4 is 33.9 Å². The number of nitrogens with zero attached hydrogens (tertiary/aromatic N) is 2. The van der Waals surface area contributed by atoms with Crippen LogP contribution in [0.3, 0.4) is 0 Å². The molecule has 0 aliphatic carbocycles. The highest BCUT2D eigenvalue weighted by Crippen LogP contribution is 2.23. The van der Waals surface area contributed by atoms with E-state index in [9.17, 15) is 14.7 Å². The van der Waals surface area contributed by atoms with E-state index in [2.05, 4.69) is 5.32 Å². The van der Waals surface area contributed by atoms with Crippen molar-refractivity contribution in [2.75, 3.05) is 11.9 Å². The summed E-state index contributed by atoms with van der Waals surface area (Å²) in [5.41, 5.74) is 1.78. The van der Waals surface area contributed by atoms with Crippen LogP contribution < -0.4 is 21.3 Å². The van der Waals surface area contributed by atoms with E-state index in [4.69, 9.17) is 21.1 Å². The first-order valence-corrected chi connectivity index (χ1v) is 12.5. The van der Waals surface area contributed by atoms with E-state index in [0.29, 0.717) is 21.6 Å². The van der Waals surface area contributed by atoms with Crippen molar-refractivity contribution < 1.29 is 14.6 Å². The van der Waals surface area contributed by atoms with Crippen LogP contribution in [0, 0.1) is 0 Å². The molecule has 194 valence electrons. The Morgan fingerprint density at radius 2 is 1.62 bits per heavy atom. The lowest BCUT2D eigenvalue weighted by Gasteiger charge is -2.17. The lowest BCUT2D eigenvalue weighted by molar-refractivity contribution is -0.104. The third-order valence-electron chi connectivity index (χ3n) is 5.69. The van der Waals surface area contributed by atoms with Gasteiger partial charge in [0.15, 0.2) is 6.29 Å². The maximum atomic E-state index is 13.4. The van der Waals surface area contributed by atoms with Crippen LogP contribution in [0.4, 0.5) is 11.4 Å². The molecule has 0 radical (unpaired) electrons. The number of rotatable bonds is 10. The van der Waals surface area contributed by atoms with E-state index >= 15 is 0 Å². The first-order valence-electron chi connectivity index (χ1n) is 12.1. The second-order valence-corrected chi connectivity index (χ2v) is 9.31. The molecule has 0 spiro atoms. The highest BCUT2D eigenvalue weighted by Gasteiger charge is 2.17. The van der Waals surface area contributed by atoms with Crippen molar-refractivity contribution in [3.63, 3.8) is 0 Å². The summed E-state index contributed by atoms with van der Waals surface area (Å²) in [4.78, 5) is 26.8. The largest absolute Gasteiger partial charge is 0.491 e. The number of ether oxygens (including phenoxy) is 2. The van der Waals surface area contributed by atoms with E-state index in [0.717, 1.165) is 21.6 Å². The summed E-state index contributed by atoms with van der Waals surface area (Å²) in [6, 6.07) is 19.9. The van der Waals surface area contributed by atoms with Gasteiger partial charge in [0.1, 0.15) is 5.75 Å². The molecular weight excluding hydrogens is 494 g/mol. The highest BCUT2D eigenvalue weighted by atomic mass is 35.5. The molecule has 0 amide bonds. The molecule has 1 heterocycles. The van der Waals surface area contributed by atoms with E-state index in [-0.39, 0.29) is 25.8 Å². The number of aliphatic hydroxyl groups is 1. The van der Waals surface area contributed by atoms with E-state index < -0.39 is 17.5 Å². The summed E-state index contributed by atoms with van der Waals surface area (Å²) in [6.07, 6.45) is -1.21. The number of aliphatic hydroxyl groups excluding tert-OH is 1. The van der Waals surface area contributed by atoms with Gasteiger partial charge in [0.2, 0.25) is 0 Å². The zero-order chi connectivity index (χ0) is 26.5. The number of halogens is 1. The van der Waals surface area contributed by atoms with Gasteiger partial charge < -0.3 is 19.9 Å². The van der Waals surface area contributed by atoms with Crippen LogP contribution in [0.5, 0.6) is 5.75 Å². The van der Waals surface area contributed by atoms with Crippen molar-refractivity contribution in [3.8, 4) is 5.75 Å². The Morgan fingerprint density at radius 1 is 0.946 bits per heavy atom. The average Bonchev–Trinajstić information content (AvgIpc) is 2.87. The molecule has 37 heavy (non-hydrogen) atoms. The number of anilines is 2. The summed E-state index contributed by atoms with van der Waals surface area (Å²) < 4.78 is 13.4. The standard InChI is InChI=1S/C28H30ClN3O5/c1-4-36-26(33)17-32-27(34)24-15-22(30-21-9-12-23(13-10-21)37-18(2)3)11-14-25(24)31(28(32)35)16-19-5-7-20(29)8-6-19/h5-15,18,26,30,33H,4,16-17H2,1-3H3. The van der Waals surface area contributed by atoms with Crippen LogP contribution in [0.1, 0.15) is 26.3 Å². The first kappa shape index (κ1) is 26.5. The zero-order valence-corrected chi connectivity index (χ0v) is 21.7. The predicted octanol–water partition coefficient (Wildman–Crippen LogP) is 4.75. The molecule has 4 rings (SSSR count). The number of hydrogen-bond acceptors (Lipinski definition) is 6. The first-order chi connectivity index (χ1) is 17.7. The van der Waals surface area contributed by atoms with Gasteiger partial charge in [0, 0.05) is 23.0 Å². The Morgan fingerprint density at radius 3 is 2.27 bits per heavy atom. The fourth-order valence-electron chi connectivity index (χ4n) is 4.04. The topological polar surface area (TPSA) is 94.7 Å². The summed E-state index contributed by atoms with van der Waals surface area (Å²) in [6.45, 7) is 5.85. The molecule has 0 fully saturated rings. The van der Waals surface area contributed by atoms with Crippen molar-refractivity contribution in [3.05, 3.63) is 98.2 Å². The smallest absolute Gasteiger partial charge is 0.331 e. The molecule has 1 atom stereocenters. The highest BCUT2D eigenvalue weighted by molar-refractivity contribution is 6.30. The number of hydrogen-bond donors (Lipinski definition) is 2. The van der Waals surface area contributed by atoms with Gasteiger partial charge in [0.25, 0.3) is 5.56 Å². The SMILES string of the molecule is CCOC(O)Cn1c(=O)c2cc(Nc3ccc(OC(C)C)cc3)ccc2n(Cc2ccc(Cl)cc2)c1=O. The molecule has 0 aliphatic rings. The maximum Gasteiger partial charge on any atom is 0.331 e. The van der Waals surface area contributed by atoms with Crippen LogP contribution >= 0.6 is 11.6 Å². The minimum absolute atomic E-state index is 0.0770. The Labute approximate surface area is 219 Å². The summed E-state index contributed by atoms with van der Waals surface area (Å²) in [5, 5.41) is 14.4. The minimum atomic E-state index is -1.29. The van der Waals surface area contributed by atoms with Gasteiger partial charge in [-0.1, -0.05) is 23.7 Å². The summed E-state index contributed by atoms with van der Waals surface area (Å²) >= 11 is 6.02. The molecule has 0 aliphatic heterocycles.